The Hall–Kier alpha value is -1.55. The van der Waals surface area contributed by atoms with Crippen LogP contribution >= 0.6 is 11.6 Å². The molecule has 4 bridgehead atoms. The molecular formula is C25H31ClN2O2. The van der Waals surface area contributed by atoms with Crippen LogP contribution in [0.5, 0.6) is 0 Å². The summed E-state index contributed by atoms with van der Waals surface area (Å²) in [4.78, 5) is 29.1. The van der Waals surface area contributed by atoms with E-state index < -0.39 is 0 Å². The monoisotopic (exact) mass is 426 g/mol. The number of halogens is 1. The van der Waals surface area contributed by atoms with Crippen molar-refractivity contribution in [3.05, 3.63) is 34.3 Å². The van der Waals surface area contributed by atoms with Crippen molar-refractivity contribution in [3.8, 4) is 0 Å². The SMILES string of the molecule is O=C(NC1CCc2cc(Cl)ccc21)C1CCCN1C(=O)C12CC3CC(CC(C3)C1)C2. The first-order chi connectivity index (χ1) is 14.5. The lowest BCUT2D eigenvalue weighted by Gasteiger charge is -2.56. The second-order valence-corrected chi connectivity index (χ2v) is 11.2. The molecule has 160 valence electrons. The van der Waals surface area contributed by atoms with Gasteiger partial charge in [0.05, 0.1) is 11.5 Å². The largest absolute Gasteiger partial charge is 0.347 e. The van der Waals surface area contributed by atoms with Gasteiger partial charge < -0.3 is 10.2 Å². The summed E-state index contributed by atoms with van der Waals surface area (Å²) in [5, 5.41) is 4.03. The number of nitrogens with zero attached hydrogens (tertiary/aromatic N) is 1. The number of hydrogen-bond acceptors (Lipinski definition) is 2. The summed E-state index contributed by atoms with van der Waals surface area (Å²) >= 11 is 6.13. The van der Waals surface area contributed by atoms with E-state index in [-0.39, 0.29) is 23.4 Å². The van der Waals surface area contributed by atoms with Gasteiger partial charge in [-0.1, -0.05) is 17.7 Å². The van der Waals surface area contributed by atoms with Gasteiger partial charge in [-0.15, -0.1) is 0 Å². The van der Waals surface area contributed by atoms with Crippen LogP contribution in [0.2, 0.25) is 5.02 Å². The zero-order valence-corrected chi connectivity index (χ0v) is 18.3. The lowest BCUT2D eigenvalue weighted by atomic mass is 9.49. The van der Waals surface area contributed by atoms with Gasteiger partial charge in [0, 0.05) is 11.6 Å². The molecule has 4 nitrogen and oxygen atoms in total. The average Bonchev–Trinajstić information content (AvgIpc) is 3.33. The van der Waals surface area contributed by atoms with Gasteiger partial charge in [-0.05, 0) is 105 Å². The number of carbonyl (C=O) groups is 2. The van der Waals surface area contributed by atoms with E-state index in [0.29, 0.717) is 5.91 Å². The van der Waals surface area contributed by atoms with Gasteiger partial charge in [0.25, 0.3) is 0 Å². The molecule has 7 rings (SSSR count). The standard InChI is InChI=1S/C25H31ClN2O2/c26-19-4-5-20-18(11-19)3-6-21(20)27-23(29)22-2-1-7-28(22)24(30)25-12-15-8-16(13-25)10-17(9-15)14-25/h4-5,11,15-17,21-22H,1-3,6-10,12-14H2,(H,27,29). The fraction of sp³-hybridized carbons (Fsp3) is 0.680. The number of fused-ring (bicyclic) bond motifs is 1. The number of carbonyl (C=O) groups excluding carboxylic acids is 2. The Morgan fingerprint density at radius 1 is 1.03 bits per heavy atom. The summed E-state index contributed by atoms with van der Waals surface area (Å²) in [5.41, 5.74) is 2.26. The molecule has 0 aromatic heterocycles. The molecule has 1 saturated heterocycles. The van der Waals surface area contributed by atoms with Gasteiger partial charge in [0.1, 0.15) is 6.04 Å². The van der Waals surface area contributed by atoms with Crippen molar-refractivity contribution in [1.29, 1.82) is 0 Å². The molecule has 2 unspecified atom stereocenters. The summed E-state index contributed by atoms with van der Waals surface area (Å²) in [6.45, 7) is 0.746. The molecule has 1 aliphatic heterocycles. The van der Waals surface area contributed by atoms with Crippen LogP contribution in [-0.4, -0.2) is 29.3 Å². The summed E-state index contributed by atoms with van der Waals surface area (Å²) in [6.07, 6.45) is 10.8. The highest BCUT2D eigenvalue weighted by Gasteiger charge is 2.56. The zero-order chi connectivity index (χ0) is 20.5. The summed E-state index contributed by atoms with van der Waals surface area (Å²) in [6, 6.07) is 5.72. The molecule has 5 fully saturated rings. The van der Waals surface area contributed by atoms with E-state index >= 15 is 0 Å². The Balaban J connectivity index is 1.18. The number of nitrogens with one attached hydrogen (secondary N) is 1. The third kappa shape index (κ3) is 3.01. The first kappa shape index (κ1) is 19.2. The van der Waals surface area contributed by atoms with E-state index in [4.69, 9.17) is 11.6 Å². The molecule has 30 heavy (non-hydrogen) atoms. The fourth-order valence-corrected chi connectivity index (χ4v) is 8.16. The highest BCUT2D eigenvalue weighted by molar-refractivity contribution is 6.30. The van der Waals surface area contributed by atoms with Crippen LogP contribution in [-0.2, 0) is 16.0 Å². The van der Waals surface area contributed by atoms with E-state index in [1.54, 1.807) is 0 Å². The van der Waals surface area contributed by atoms with E-state index in [0.717, 1.165) is 74.3 Å². The molecule has 6 aliphatic rings. The summed E-state index contributed by atoms with van der Waals surface area (Å²) < 4.78 is 0. The highest BCUT2D eigenvalue weighted by atomic mass is 35.5. The summed E-state index contributed by atoms with van der Waals surface area (Å²) in [5.74, 6) is 2.59. The van der Waals surface area contributed by atoms with Gasteiger partial charge in [-0.3, -0.25) is 9.59 Å². The van der Waals surface area contributed by atoms with Crippen LogP contribution in [0.4, 0.5) is 0 Å². The Morgan fingerprint density at radius 2 is 1.73 bits per heavy atom. The van der Waals surface area contributed by atoms with Crippen LogP contribution in [0.1, 0.15) is 75.0 Å². The first-order valence-corrected chi connectivity index (χ1v) is 12.3. The molecule has 1 heterocycles. The van der Waals surface area contributed by atoms with Crippen molar-refractivity contribution >= 4 is 23.4 Å². The molecule has 2 amide bonds. The van der Waals surface area contributed by atoms with Crippen LogP contribution < -0.4 is 5.32 Å². The Morgan fingerprint density at radius 3 is 2.43 bits per heavy atom. The average molecular weight is 427 g/mol. The Labute approximate surface area is 183 Å². The van der Waals surface area contributed by atoms with Crippen LogP contribution in [0, 0.1) is 23.2 Å². The summed E-state index contributed by atoms with van der Waals surface area (Å²) in [7, 11) is 0. The second kappa shape index (κ2) is 6.98. The minimum atomic E-state index is -0.290. The van der Waals surface area contributed by atoms with E-state index in [9.17, 15) is 9.59 Å². The van der Waals surface area contributed by atoms with Crippen LogP contribution in [0.25, 0.3) is 0 Å². The predicted molar refractivity (Wildman–Crippen MR) is 116 cm³/mol. The maximum Gasteiger partial charge on any atom is 0.243 e. The molecule has 1 aromatic carbocycles. The van der Waals surface area contributed by atoms with Crippen molar-refractivity contribution in [2.75, 3.05) is 6.54 Å². The lowest BCUT2D eigenvalue weighted by molar-refractivity contribution is -0.160. The van der Waals surface area contributed by atoms with E-state index in [2.05, 4.69) is 5.32 Å². The topological polar surface area (TPSA) is 49.4 Å². The van der Waals surface area contributed by atoms with Crippen molar-refractivity contribution < 1.29 is 9.59 Å². The maximum atomic E-state index is 13.8. The number of benzene rings is 1. The number of hydrogen-bond donors (Lipinski definition) is 1. The molecule has 1 aromatic rings. The highest BCUT2D eigenvalue weighted by Crippen LogP contribution is 2.60. The number of aryl methyl sites for hydroxylation is 1. The van der Waals surface area contributed by atoms with Gasteiger partial charge >= 0.3 is 0 Å². The van der Waals surface area contributed by atoms with Gasteiger partial charge in [0.15, 0.2) is 0 Å². The second-order valence-electron chi connectivity index (χ2n) is 10.8. The van der Waals surface area contributed by atoms with Crippen molar-refractivity contribution in [2.24, 2.45) is 23.2 Å². The van der Waals surface area contributed by atoms with Crippen LogP contribution in [0.3, 0.4) is 0 Å². The van der Waals surface area contributed by atoms with Gasteiger partial charge in [-0.2, -0.15) is 0 Å². The minimum Gasteiger partial charge on any atom is -0.347 e. The molecule has 4 saturated carbocycles. The normalized spacial score (nSPS) is 38.7. The van der Waals surface area contributed by atoms with E-state index in [1.807, 2.05) is 23.1 Å². The van der Waals surface area contributed by atoms with E-state index in [1.165, 1.54) is 30.4 Å². The quantitative estimate of drug-likeness (QED) is 0.764. The number of rotatable bonds is 3. The van der Waals surface area contributed by atoms with Crippen molar-refractivity contribution in [2.45, 2.75) is 76.3 Å². The molecule has 0 radical (unpaired) electrons. The molecule has 0 spiro atoms. The number of likely N-dealkylation sites (tertiary alicyclic amines) is 1. The molecule has 1 N–H and O–H groups in total. The third-order valence-corrected chi connectivity index (χ3v) is 9.04. The molecule has 5 aliphatic carbocycles. The Kier molecular flexibility index (Phi) is 4.46. The molecular weight excluding hydrogens is 396 g/mol. The van der Waals surface area contributed by atoms with Gasteiger partial charge in [0.2, 0.25) is 11.8 Å². The molecule has 2 atom stereocenters. The predicted octanol–water partition coefficient (Wildman–Crippen LogP) is 4.65. The van der Waals surface area contributed by atoms with Gasteiger partial charge in [-0.25, -0.2) is 0 Å². The van der Waals surface area contributed by atoms with Crippen molar-refractivity contribution in [1.82, 2.24) is 10.2 Å². The van der Waals surface area contributed by atoms with Crippen LogP contribution in [0.15, 0.2) is 18.2 Å². The Bertz CT molecular complexity index is 862. The fourth-order valence-electron chi connectivity index (χ4n) is 7.96. The maximum absolute atomic E-state index is 13.8. The smallest absolute Gasteiger partial charge is 0.243 e. The first-order valence-electron chi connectivity index (χ1n) is 11.9. The van der Waals surface area contributed by atoms with Crippen molar-refractivity contribution in [3.63, 3.8) is 0 Å². The molecule has 5 heteroatoms. The number of amides is 2. The minimum absolute atomic E-state index is 0.0402. The lowest BCUT2D eigenvalue weighted by Crippen LogP contribution is -2.57. The zero-order valence-electron chi connectivity index (χ0n) is 17.5. The third-order valence-electron chi connectivity index (χ3n) is 8.81.